The highest BCUT2D eigenvalue weighted by molar-refractivity contribution is 7.97. The summed E-state index contributed by atoms with van der Waals surface area (Å²) < 4.78 is 8.83. The predicted octanol–water partition coefficient (Wildman–Crippen LogP) is 4.98. The second kappa shape index (κ2) is 12.0. The molecule has 0 atom stereocenters. The van der Waals surface area contributed by atoms with Gasteiger partial charge in [0.1, 0.15) is 11.4 Å². The van der Waals surface area contributed by atoms with Gasteiger partial charge in [-0.25, -0.2) is 0 Å². The van der Waals surface area contributed by atoms with Gasteiger partial charge in [-0.3, -0.25) is 19.4 Å². The van der Waals surface area contributed by atoms with E-state index in [1.54, 1.807) is 0 Å². The van der Waals surface area contributed by atoms with E-state index in [9.17, 15) is 9.59 Å². The summed E-state index contributed by atoms with van der Waals surface area (Å²) in [6.07, 6.45) is 4.42. The fourth-order valence-electron chi connectivity index (χ4n) is 3.94. The second-order valence-electron chi connectivity index (χ2n) is 8.37. The fourth-order valence-corrected chi connectivity index (χ4v) is 4.59. The Morgan fingerprint density at radius 1 is 1.14 bits per heavy atom. The number of amides is 2. The Kier molecular flexibility index (Phi) is 8.56. The Bertz CT molecular complexity index is 1330. The van der Waals surface area contributed by atoms with E-state index in [4.69, 9.17) is 16.3 Å². The normalized spacial score (nSPS) is 11.0. The number of H-pyrrole nitrogens is 2. The van der Waals surface area contributed by atoms with Crippen LogP contribution in [0.15, 0.2) is 48.8 Å². The van der Waals surface area contributed by atoms with Gasteiger partial charge in [-0.15, -0.1) is 0 Å². The summed E-state index contributed by atoms with van der Waals surface area (Å²) in [4.78, 5) is 28.2. The Labute approximate surface area is 218 Å². The SMILES string of the molecule is Cc1cc(OCCCc2c(C(=O)NSCCNC(=O)c3cn[nH]c3)[nH]c3ccccc23)cc(C)c1Cl. The summed E-state index contributed by atoms with van der Waals surface area (Å²) in [6.45, 7) is 4.86. The maximum absolute atomic E-state index is 13.0. The third-order valence-corrected chi connectivity index (χ3v) is 7.04. The molecular formula is C26H28ClN5O3S. The number of benzene rings is 2. The minimum atomic E-state index is -0.209. The van der Waals surface area contributed by atoms with Gasteiger partial charge in [-0.05, 0) is 73.5 Å². The molecule has 0 saturated heterocycles. The molecule has 10 heteroatoms. The first kappa shape index (κ1) is 25.7. The number of para-hydroxylation sites is 1. The number of aromatic amines is 2. The van der Waals surface area contributed by atoms with E-state index < -0.39 is 0 Å². The minimum Gasteiger partial charge on any atom is -0.494 e. The van der Waals surface area contributed by atoms with Crippen molar-refractivity contribution in [2.45, 2.75) is 26.7 Å². The van der Waals surface area contributed by atoms with E-state index in [0.717, 1.165) is 44.8 Å². The predicted molar refractivity (Wildman–Crippen MR) is 144 cm³/mol. The summed E-state index contributed by atoms with van der Waals surface area (Å²) in [6, 6.07) is 11.8. The summed E-state index contributed by atoms with van der Waals surface area (Å²) in [5.74, 6) is 0.915. The van der Waals surface area contributed by atoms with Crippen LogP contribution in [-0.2, 0) is 6.42 Å². The first-order valence-corrected chi connectivity index (χ1v) is 13.0. The van der Waals surface area contributed by atoms with E-state index in [0.29, 0.717) is 36.6 Å². The molecule has 4 N–H and O–H groups in total. The highest BCUT2D eigenvalue weighted by Gasteiger charge is 2.17. The number of nitrogens with zero attached hydrogens (tertiary/aromatic N) is 1. The lowest BCUT2D eigenvalue weighted by Gasteiger charge is -2.10. The number of carbonyl (C=O) groups is 2. The van der Waals surface area contributed by atoms with Crippen molar-refractivity contribution in [2.75, 3.05) is 18.9 Å². The van der Waals surface area contributed by atoms with Gasteiger partial charge in [-0.2, -0.15) is 5.10 Å². The number of hydrogen-bond acceptors (Lipinski definition) is 5. The highest BCUT2D eigenvalue weighted by Crippen LogP contribution is 2.27. The lowest BCUT2D eigenvalue weighted by atomic mass is 10.1. The zero-order valence-corrected chi connectivity index (χ0v) is 21.7. The smallest absolute Gasteiger partial charge is 0.277 e. The monoisotopic (exact) mass is 525 g/mol. The van der Waals surface area contributed by atoms with Crippen molar-refractivity contribution >= 4 is 46.3 Å². The molecule has 2 aromatic heterocycles. The molecule has 8 nitrogen and oxygen atoms in total. The molecule has 0 saturated carbocycles. The Balaban J connectivity index is 1.32. The molecule has 2 amide bonds. The summed E-state index contributed by atoms with van der Waals surface area (Å²) in [5.41, 5.74) is 4.87. The van der Waals surface area contributed by atoms with Crippen molar-refractivity contribution < 1.29 is 14.3 Å². The van der Waals surface area contributed by atoms with Gasteiger partial charge in [0.2, 0.25) is 0 Å². The van der Waals surface area contributed by atoms with Gasteiger partial charge in [0.25, 0.3) is 11.8 Å². The maximum atomic E-state index is 13.0. The topological polar surface area (TPSA) is 112 Å². The van der Waals surface area contributed by atoms with Gasteiger partial charge < -0.3 is 15.0 Å². The van der Waals surface area contributed by atoms with Crippen molar-refractivity contribution in [2.24, 2.45) is 0 Å². The molecule has 4 rings (SSSR count). The van der Waals surface area contributed by atoms with Crippen LogP contribution in [0.2, 0.25) is 5.02 Å². The standard InChI is InChI=1S/C26H28ClN5O3S/c1-16-12-19(13-17(2)23(16)27)35-10-5-7-21-20-6-3-4-8-22(20)31-24(21)26(34)32-36-11-9-28-25(33)18-14-29-30-15-18/h3-4,6,8,12-15,31H,5,7,9-11H2,1-2H3,(H,28,33)(H,29,30)(H,32,34). The quantitative estimate of drug-likeness (QED) is 0.163. The largest absolute Gasteiger partial charge is 0.494 e. The Hall–Kier alpha value is -3.43. The molecule has 4 aromatic rings. The van der Waals surface area contributed by atoms with Crippen molar-refractivity contribution in [3.63, 3.8) is 0 Å². The molecule has 0 spiro atoms. The lowest BCUT2D eigenvalue weighted by Crippen LogP contribution is -2.27. The van der Waals surface area contributed by atoms with Crippen LogP contribution in [0.1, 0.15) is 44.0 Å². The average Bonchev–Trinajstić information content (AvgIpc) is 3.53. The van der Waals surface area contributed by atoms with Crippen LogP contribution in [0.5, 0.6) is 5.75 Å². The van der Waals surface area contributed by atoms with Crippen molar-refractivity contribution in [3.8, 4) is 5.75 Å². The van der Waals surface area contributed by atoms with E-state index in [1.165, 1.54) is 24.3 Å². The van der Waals surface area contributed by atoms with Crippen molar-refractivity contribution in [3.05, 3.63) is 81.8 Å². The van der Waals surface area contributed by atoms with Crippen LogP contribution in [0.4, 0.5) is 0 Å². The van der Waals surface area contributed by atoms with Gasteiger partial charge in [0.15, 0.2) is 0 Å². The third kappa shape index (κ3) is 6.22. The van der Waals surface area contributed by atoms with E-state index in [-0.39, 0.29) is 11.8 Å². The van der Waals surface area contributed by atoms with Crippen LogP contribution in [0.25, 0.3) is 10.9 Å². The lowest BCUT2D eigenvalue weighted by molar-refractivity contribution is 0.0954. The molecule has 0 aliphatic rings. The number of ether oxygens (including phenoxy) is 1. The first-order valence-electron chi connectivity index (χ1n) is 11.6. The van der Waals surface area contributed by atoms with Crippen LogP contribution in [-0.4, -0.2) is 45.9 Å². The number of aromatic nitrogens is 3. The molecular weight excluding hydrogens is 498 g/mol. The Morgan fingerprint density at radius 2 is 1.92 bits per heavy atom. The van der Waals surface area contributed by atoms with E-state index in [2.05, 4.69) is 25.2 Å². The van der Waals surface area contributed by atoms with Crippen LogP contribution >= 0.6 is 23.5 Å². The molecule has 188 valence electrons. The Morgan fingerprint density at radius 3 is 2.67 bits per heavy atom. The minimum absolute atomic E-state index is 0.197. The zero-order chi connectivity index (χ0) is 25.5. The highest BCUT2D eigenvalue weighted by atomic mass is 35.5. The molecule has 0 fully saturated rings. The van der Waals surface area contributed by atoms with Crippen LogP contribution < -0.4 is 14.8 Å². The average molecular weight is 526 g/mol. The first-order chi connectivity index (χ1) is 17.4. The number of rotatable bonds is 11. The zero-order valence-electron chi connectivity index (χ0n) is 20.1. The number of hydrogen-bond donors (Lipinski definition) is 4. The molecule has 0 unspecified atom stereocenters. The van der Waals surface area contributed by atoms with Gasteiger partial charge in [0.05, 0.1) is 18.4 Å². The van der Waals surface area contributed by atoms with Gasteiger partial charge in [-0.1, -0.05) is 29.8 Å². The molecule has 0 aliphatic heterocycles. The number of halogens is 1. The van der Waals surface area contributed by atoms with Crippen LogP contribution in [0, 0.1) is 13.8 Å². The summed E-state index contributed by atoms with van der Waals surface area (Å²) >= 11 is 7.50. The number of carbonyl (C=O) groups excluding carboxylic acids is 2. The van der Waals surface area contributed by atoms with Gasteiger partial charge in [0, 0.05) is 34.4 Å². The number of aryl methyl sites for hydroxylation is 3. The number of fused-ring (bicyclic) bond motifs is 1. The van der Waals surface area contributed by atoms with Crippen molar-refractivity contribution in [1.29, 1.82) is 0 Å². The van der Waals surface area contributed by atoms with E-state index in [1.807, 2.05) is 50.2 Å². The molecule has 0 bridgehead atoms. The van der Waals surface area contributed by atoms with Crippen molar-refractivity contribution in [1.82, 2.24) is 25.2 Å². The third-order valence-electron chi connectivity index (χ3n) is 5.71. The van der Waals surface area contributed by atoms with Gasteiger partial charge >= 0.3 is 0 Å². The second-order valence-corrected chi connectivity index (χ2v) is 9.65. The fraction of sp³-hybridized carbons (Fsp3) is 0.269. The molecule has 0 radical (unpaired) electrons. The molecule has 2 heterocycles. The molecule has 36 heavy (non-hydrogen) atoms. The number of nitrogens with one attached hydrogen (secondary N) is 4. The molecule has 0 aliphatic carbocycles. The maximum Gasteiger partial charge on any atom is 0.277 e. The van der Waals surface area contributed by atoms with Crippen LogP contribution in [0.3, 0.4) is 0 Å². The summed E-state index contributed by atoms with van der Waals surface area (Å²) in [5, 5.41) is 10.9. The van der Waals surface area contributed by atoms with E-state index >= 15 is 0 Å². The molecule has 2 aromatic carbocycles. The summed E-state index contributed by atoms with van der Waals surface area (Å²) in [7, 11) is 0.